The second-order valence-corrected chi connectivity index (χ2v) is 1.55. The first kappa shape index (κ1) is 8.88. The highest BCUT2D eigenvalue weighted by molar-refractivity contribution is 5.75. The normalized spacial score (nSPS) is 11.7. The van der Waals surface area contributed by atoms with Gasteiger partial charge in [-0.25, -0.2) is 0 Å². The molecule has 5 nitrogen and oxygen atoms in total. The molecule has 0 spiro atoms. The molecule has 0 aromatic heterocycles. The third-order valence-electron chi connectivity index (χ3n) is 0.778. The van der Waals surface area contributed by atoms with Crippen molar-refractivity contribution < 1.29 is 14.6 Å². The van der Waals surface area contributed by atoms with Gasteiger partial charge in [-0.2, -0.15) is 5.26 Å². The van der Waals surface area contributed by atoms with E-state index in [0.717, 1.165) is 0 Å². The van der Waals surface area contributed by atoms with Gasteiger partial charge in [-0.15, -0.1) is 0 Å². The number of aliphatic hydroxyl groups excluding tert-OH is 1. The van der Waals surface area contributed by atoms with E-state index in [9.17, 15) is 4.79 Å². The molecule has 0 rings (SSSR count). The van der Waals surface area contributed by atoms with Gasteiger partial charge in [-0.3, -0.25) is 4.79 Å². The van der Waals surface area contributed by atoms with Crippen LogP contribution >= 0.6 is 0 Å². The third-order valence-corrected chi connectivity index (χ3v) is 0.778. The Morgan fingerprint density at radius 2 is 2.50 bits per heavy atom. The van der Waals surface area contributed by atoms with Crippen LogP contribution in [0.5, 0.6) is 0 Å². The molecule has 0 radical (unpaired) electrons. The highest BCUT2D eigenvalue weighted by Gasteiger charge is 2.12. The predicted molar refractivity (Wildman–Crippen MR) is 31.6 cm³/mol. The van der Waals surface area contributed by atoms with Crippen molar-refractivity contribution in [2.45, 2.75) is 6.04 Å². The summed E-state index contributed by atoms with van der Waals surface area (Å²) in [5, 5.41) is 16.2. The first-order chi connectivity index (χ1) is 4.72. The Morgan fingerprint density at radius 1 is 1.90 bits per heavy atom. The number of nitriles is 1. The van der Waals surface area contributed by atoms with Crippen molar-refractivity contribution in [3.63, 3.8) is 0 Å². The SMILES string of the molecule is N#CCOC(=O)[C@@H](N)CO. The summed E-state index contributed by atoms with van der Waals surface area (Å²) in [6.45, 7) is -0.795. The lowest BCUT2D eigenvalue weighted by atomic mass is 10.3. The van der Waals surface area contributed by atoms with Crippen LogP contribution in [0.2, 0.25) is 0 Å². The zero-order valence-electron chi connectivity index (χ0n) is 5.28. The minimum atomic E-state index is -1.03. The van der Waals surface area contributed by atoms with E-state index in [4.69, 9.17) is 16.1 Å². The number of nitrogens with two attached hydrogens (primary N) is 1. The van der Waals surface area contributed by atoms with Crippen molar-refractivity contribution >= 4 is 5.97 Å². The van der Waals surface area contributed by atoms with Crippen LogP contribution in [0.3, 0.4) is 0 Å². The van der Waals surface area contributed by atoms with Crippen LogP contribution in [0.25, 0.3) is 0 Å². The Morgan fingerprint density at radius 3 is 2.90 bits per heavy atom. The number of carbonyl (C=O) groups is 1. The van der Waals surface area contributed by atoms with Gasteiger partial charge in [0.05, 0.1) is 6.61 Å². The second-order valence-electron chi connectivity index (χ2n) is 1.55. The summed E-state index contributed by atoms with van der Waals surface area (Å²) in [7, 11) is 0. The summed E-state index contributed by atoms with van der Waals surface area (Å²) in [4.78, 5) is 10.5. The van der Waals surface area contributed by atoms with Crippen LogP contribution in [-0.4, -0.2) is 30.3 Å². The largest absolute Gasteiger partial charge is 0.449 e. The van der Waals surface area contributed by atoms with Gasteiger partial charge in [-0.1, -0.05) is 0 Å². The number of hydrogen-bond acceptors (Lipinski definition) is 5. The summed E-state index contributed by atoms with van der Waals surface area (Å²) in [5.41, 5.74) is 5.02. The molecule has 0 aliphatic carbocycles. The number of rotatable bonds is 3. The summed E-state index contributed by atoms with van der Waals surface area (Å²) in [6, 6.07) is 0.563. The van der Waals surface area contributed by atoms with E-state index in [1.54, 1.807) is 6.07 Å². The van der Waals surface area contributed by atoms with Crippen molar-refractivity contribution in [3.05, 3.63) is 0 Å². The van der Waals surface area contributed by atoms with E-state index in [-0.39, 0.29) is 6.61 Å². The molecule has 1 atom stereocenters. The average molecular weight is 144 g/mol. The van der Waals surface area contributed by atoms with Crippen molar-refractivity contribution in [1.82, 2.24) is 0 Å². The van der Waals surface area contributed by atoms with Gasteiger partial charge in [-0.05, 0) is 0 Å². The maximum atomic E-state index is 10.5. The number of aliphatic hydroxyl groups is 1. The van der Waals surface area contributed by atoms with Crippen molar-refractivity contribution in [1.29, 1.82) is 5.26 Å². The second kappa shape index (κ2) is 4.73. The fourth-order valence-corrected chi connectivity index (χ4v) is 0.285. The smallest absolute Gasteiger partial charge is 0.326 e. The number of hydrogen-bond donors (Lipinski definition) is 2. The molecule has 0 aromatic carbocycles. The van der Waals surface area contributed by atoms with Gasteiger partial charge < -0.3 is 15.6 Å². The predicted octanol–water partition coefficient (Wildman–Crippen LogP) is -1.63. The zero-order chi connectivity index (χ0) is 7.98. The Hall–Kier alpha value is -1.12. The first-order valence-electron chi connectivity index (χ1n) is 2.62. The Labute approximate surface area is 58.0 Å². The molecular weight excluding hydrogens is 136 g/mol. The molecule has 0 saturated carbocycles. The Bertz CT molecular complexity index is 151. The average Bonchev–Trinajstić information content (AvgIpc) is 1.98. The highest BCUT2D eigenvalue weighted by Crippen LogP contribution is 1.82. The Kier molecular flexibility index (Phi) is 4.20. The lowest BCUT2D eigenvalue weighted by molar-refractivity contribution is -0.144. The van der Waals surface area contributed by atoms with Crippen LogP contribution < -0.4 is 5.73 Å². The van der Waals surface area contributed by atoms with E-state index in [2.05, 4.69) is 4.74 Å². The lowest BCUT2D eigenvalue weighted by Crippen LogP contribution is -2.35. The fourth-order valence-electron chi connectivity index (χ4n) is 0.285. The number of carbonyl (C=O) groups excluding carboxylic acids is 1. The molecule has 0 aliphatic heterocycles. The molecule has 3 N–H and O–H groups in total. The lowest BCUT2D eigenvalue weighted by Gasteiger charge is -2.04. The summed E-state index contributed by atoms with van der Waals surface area (Å²) in [6.07, 6.45) is 0. The van der Waals surface area contributed by atoms with E-state index in [1.807, 2.05) is 0 Å². The van der Waals surface area contributed by atoms with Crippen LogP contribution in [0, 0.1) is 11.3 Å². The molecule has 56 valence electrons. The zero-order valence-corrected chi connectivity index (χ0v) is 5.28. The van der Waals surface area contributed by atoms with Crippen LogP contribution in [0.1, 0.15) is 0 Å². The molecule has 5 heteroatoms. The monoisotopic (exact) mass is 144 g/mol. The van der Waals surface area contributed by atoms with E-state index in [0.29, 0.717) is 0 Å². The summed E-state index contributed by atoms with van der Waals surface area (Å²) < 4.78 is 4.26. The highest BCUT2D eigenvalue weighted by atomic mass is 16.5. The number of nitrogens with zero attached hydrogens (tertiary/aromatic N) is 1. The molecule has 0 aromatic rings. The molecule has 0 amide bonds. The first-order valence-corrected chi connectivity index (χ1v) is 2.62. The van der Waals surface area contributed by atoms with Crippen molar-refractivity contribution in [3.8, 4) is 6.07 Å². The molecule has 0 bridgehead atoms. The Balaban J connectivity index is 3.54. The van der Waals surface area contributed by atoms with Gasteiger partial charge in [0.1, 0.15) is 12.1 Å². The maximum absolute atomic E-state index is 10.5. The molecule has 0 unspecified atom stereocenters. The van der Waals surface area contributed by atoms with Gasteiger partial charge in [0.2, 0.25) is 0 Å². The summed E-state index contributed by atoms with van der Waals surface area (Å²) in [5.74, 6) is -0.760. The van der Waals surface area contributed by atoms with Crippen LogP contribution in [0.4, 0.5) is 0 Å². The van der Waals surface area contributed by atoms with Crippen LogP contribution in [-0.2, 0) is 9.53 Å². The van der Waals surface area contributed by atoms with Gasteiger partial charge >= 0.3 is 5.97 Å². The molecule has 0 fully saturated rings. The molecular formula is C5H8N2O3. The third kappa shape index (κ3) is 3.02. The van der Waals surface area contributed by atoms with Crippen LogP contribution in [0.15, 0.2) is 0 Å². The summed E-state index contributed by atoms with van der Waals surface area (Å²) >= 11 is 0. The molecule has 0 heterocycles. The minimum absolute atomic E-state index is 0.327. The van der Waals surface area contributed by atoms with E-state index < -0.39 is 18.6 Å². The van der Waals surface area contributed by atoms with E-state index >= 15 is 0 Å². The minimum Gasteiger partial charge on any atom is -0.449 e. The number of esters is 1. The van der Waals surface area contributed by atoms with Crippen molar-refractivity contribution in [2.24, 2.45) is 5.73 Å². The molecule has 0 saturated heterocycles. The maximum Gasteiger partial charge on any atom is 0.326 e. The quantitative estimate of drug-likeness (QED) is 0.464. The topological polar surface area (TPSA) is 96.3 Å². The van der Waals surface area contributed by atoms with E-state index in [1.165, 1.54) is 0 Å². The van der Waals surface area contributed by atoms with Gasteiger partial charge in [0.25, 0.3) is 0 Å². The number of ether oxygens (including phenoxy) is 1. The van der Waals surface area contributed by atoms with Gasteiger partial charge in [0.15, 0.2) is 6.61 Å². The standard InChI is InChI=1S/C5H8N2O3/c6-1-2-10-5(9)4(7)3-8/h4,8H,2-3,7H2/t4-/m0/s1. The van der Waals surface area contributed by atoms with Gasteiger partial charge in [0, 0.05) is 0 Å². The fraction of sp³-hybridized carbons (Fsp3) is 0.600. The molecule has 0 aliphatic rings. The van der Waals surface area contributed by atoms with Crippen molar-refractivity contribution in [2.75, 3.05) is 13.2 Å². The molecule has 10 heavy (non-hydrogen) atoms.